The highest BCUT2D eigenvalue weighted by Gasteiger charge is 2.23. The van der Waals surface area contributed by atoms with Gasteiger partial charge in [-0.05, 0) is 71.5 Å². The highest BCUT2D eigenvalue weighted by atomic mass is 127. The summed E-state index contributed by atoms with van der Waals surface area (Å²) in [5.41, 5.74) is 1.37. The fourth-order valence-corrected chi connectivity index (χ4v) is 3.53. The van der Waals surface area contributed by atoms with E-state index in [2.05, 4.69) is 52.2 Å². The smallest absolute Gasteiger partial charge is 0.0254 e. The first kappa shape index (κ1) is 14.6. The maximum absolute atomic E-state index is 6.06. The molecule has 1 aromatic rings. The summed E-state index contributed by atoms with van der Waals surface area (Å²) in [6.07, 6.45) is 5.41. The normalized spacial score (nSPS) is 24.1. The second kappa shape index (κ2) is 7.71. The average molecular weight is 378 g/mol. The van der Waals surface area contributed by atoms with Crippen LogP contribution in [0, 0.1) is 15.4 Å². The van der Waals surface area contributed by atoms with E-state index in [1.54, 1.807) is 0 Å². The van der Waals surface area contributed by atoms with Gasteiger partial charge in [0.1, 0.15) is 0 Å². The van der Waals surface area contributed by atoms with Crippen LogP contribution in [0.5, 0.6) is 0 Å². The molecule has 1 N–H and O–H groups in total. The standard InChI is InChI=1S/C15H21ClIN/c16-9-13-3-1-2-4-14(13)11-18-10-12-5-7-15(17)8-6-12/h5-8,13-14,18H,1-4,9-11H2. The molecule has 2 unspecified atom stereocenters. The van der Waals surface area contributed by atoms with Crippen molar-refractivity contribution in [2.45, 2.75) is 32.2 Å². The molecule has 0 aliphatic heterocycles. The minimum absolute atomic E-state index is 0.727. The molecule has 3 heteroatoms. The van der Waals surface area contributed by atoms with Gasteiger partial charge in [0.05, 0.1) is 0 Å². The second-order valence-electron chi connectivity index (χ2n) is 5.22. The Morgan fingerprint density at radius 3 is 2.44 bits per heavy atom. The van der Waals surface area contributed by atoms with Crippen molar-refractivity contribution in [2.75, 3.05) is 12.4 Å². The lowest BCUT2D eigenvalue weighted by molar-refractivity contribution is 0.250. The molecule has 18 heavy (non-hydrogen) atoms. The minimum atomic E-state index is 0.727. The Morgan fingerprint density at radius 2 is 1.78 bits per heavy atom. The molecule has 0 aromatic heterocycles. The molecular formula is C15H21ClIN. The number of hydrogen-bond acceptors (Lipinski definition) is 1. The topological polar surface area (TPSA) is 12.0 Å². The third-order valence-electron chi connectivity index (χ3n) is 3.91. The molecule has 2 rings (SSSR count). The zero-order valence-electron chi connectivity index (χ0n) is 10.7. The Hall–Kier alpha value is 0.200. The molecule has 0 amide bonds. The van der Waals surface area contributed by atoms with Gasteiger partial charge in [-0.1, -0.05) is 25.0 Å². The van der Waals surface area contributed by atoms with Crippen molar-refractivity contribution >= 4 is 34.2 Å². The Balaban J connectivity index is 1.75. The van der Waals surface area contributed by atoms with Gasteiger partial charge in [0.25, 0.3) is 0 Å². The number of alkyl halides is 1. The summed E-state index contributed by atoms with van der Waals surface area (Å²) in [5, 5.41) is 3.59. The molecule has 0 heterocycles. The van der Waals surface area contributed by atoms with Crippen LogP contribution in [0.15, 0.2) is 24.3 Å². The van der Waals surface area contributed by atoms with Gasteiger partial charge in [-0.2, -0.15) is 0 Å². The van der Waals surface area contributed by atoms with E-state index in [1.165, 1.54) is 34.8 Å². The Kier molecular flexibility index (Phi) is 6.25. The molecular weight excluding hydrogens is 357 g/mol. The zero-order chi connectivity index (χ0) is 12.8. The lowest BCUT2D eigenvalue weighted by Gasteiger charge is -2.30. The van der Waals surface area contributed by atoms with E-state index in [1.807, 2.05) is 0 Å². The van der Waals surface area contributed by atoms with Gasteiger partial charge in [0.2, 0.25) is 0 Å². The van der Waals surface area contributed by atoms with Crippen LogP contribution < -0.4 is 5.32 Å². The molecule has 2 atom stereocenters. The number of nitrogens with one attached hydrogen (secondary N) is 1. The van der Waals surface area contributed by atoms with Crippen molar-refractivity contribution in [1.29, 1.82) is 0 Å². The summed E-state index contributed by atoms with van der Waals surface area (Å²) >= 11 is 8.40. The first-order valence-electron chi connectivity index (χ1n) is 6.80. The second-order valence-corrected chi connectivity index (χ2v) is 6.77. The van der Waals surface area contributed by atoms with Crippen LogP contribution in [0.2, 0.25) is 0 Å². The molecule has 0 saturated heterocycles. The van der Waals surface area contributed by atoms with Gasteiger partial charge in [-0.15, -0.1) is 11.6 Å². The predicted molar refractivity (Wildman–Crippen MR) is 87.0 cm³/mol. The minimum Gasteiger partial charge on any atom is -0.312 e. The molecule has 1 aliphatic carbocycles. The lowest BCUT2D eigenvalue weighted by atomic mass is 9.80. The average Bonchev–Trinajstić information content (AvgIpc) is 2.41. The van der Waals surface area contributed by atoms with Gasteiger partial charge in [-0.25, -0.2) is 0 Å². The number of halogens is 2. The van der Waals surface area contributed by atoms with E-state index < -0.39 is 0 Å². The van der Waals surface area contributed by atoms with Gasteiger partial charge in [0, 0.05) is 16.0 Å². The largest absolute Gasteiger partial charge is 0.312 e. The summed E-state index contributed by atoms with van der Waals surface area (Å²) in [6, 6.07) is 8.74. The fraction of sp³-hybridized carbons (Fsp3) is 0.600. The summed E-state index contributed by atoms with van der Waals surface area (Å²) < 4.78 is 1.30. The van der Waals surface area contributed by atoms with Crippen molar-refractivity contribution in [1.82, 2.24) is 5.32 Å². The van der Waals surface area contributed by atoms with Crippen molar-refractivity contribution in [2.24, 2.45) is 11.8 Å². The highest BCUT2D eigenvalue weighted by Crippen LogP contribution is 2.30. The van der Waals surface area contributed by atoms with E-state index >= 15 is 0 Å². The summed E-state index contributed by atoms with van der Waals surface area (Å²) in [4.78, 5) is 0. The van der Waals surface area contributed by atoms with Crippen LogP contribution in [0.1, 0.15) is 31.2 Å². The van der Waals surface area contributed by atoms with E-state index in [0.29, 0.717) is 0 Å². The maximum atomic E-state index is 6.06. The van der Waals surface area contributed by atoms with Gasteiger partial charge in [0.15, 0.2) is 0 Å². The van der Waals surface area contributed by atoms with Crippen LogP contribution >= 0.6 is 34.2 Å². The molecule has 1 aromatic carbocycles. The summed E-state index contributed by atoms with van der Waals surface area (Å²) in [6.45, 7) is 2.09. The van der Waals surface area contributed by atoms with Crippen molar-refractivity contribution in [3.63, 3.8) is 0 Å². The SMILES string of the molecule is ClCC1CCCCC1CNCc1ccc(I)cc1. The molecule has 1 fully saturated rings. The van der Waals surface area contributed by atoms with Crippen LogP contribution in [0.4, 0.5) is 0 Å². The van der Waals surface area contributed by atoms with Gasteiger partial charge < -0.3 is 5.32 Å². The number of hydrogen-bond donors (Lipinski definition) is 1. The molecule has 100 valence electrons. The monoisotopic (exact) mass is 377 g/mol. The van der Waals surface area contributed by atoms with Gasteiger partial charge in [-0.3, -0.25) is 0 Å². The quantitative estimate of drug-likeness (QED) is 0.591. The Labute approximate surface area is 129 Å². The fourth-order valence-electron chi connectivity index (χ4n) is 2.76. The summed E-state index contributed by atoms with van der Waals surface area (Å²) in [7, 11) is 0. The first-order chi connectivity index (χ1) is 8.79. The number of rotatable bonds is 5. The lowest BCUT2D eigenvalue weighted by Crippen LogP contribution is -2.31. The van der Waals surface area contributed by atoms with Crippen molar-refractivity contribution in [3.05, 3.63) is 33.4 Å². The molecule has 1 aliphatic rings. The van der Waals surface area contributed by atoms with E-state index in [0.717, 1.165) is 30.8 Å². The molecule has 1 nitrogen and oxygen atoms in total. The van der Waals surface area contributed by atoms with Crippen LogP contribution in [0.3, 0.4) is 0 Å². The summed E-state index contributed by atoms with van der Waals surface area (Å²) in [5.74, 6) is 2.33. The van der Waals surface area contributed by atoms with E-state index in [4.69, 9.17) is 11.6 Å². The van der Waals surface area contributed by atoms with Crippen LogP contribution in [-0.4, -0.2) is 12.4 Å². The molecule has 0 spiro atoms. The molecule has 0 radical (unpaired) electrons. The third-order valence-corrected chi connectivity index (χ3v) is 5.03. The number of benzene rings is 1. The van der Waals surface area contributed by atoms with Gasteiger partial charge >= 0.3 is 0 Å². The van der Waals surface area contributed by atoms with E-state index in [9.17, 15) is 0 Å². The van der Waals surface area contributed by atoms with Crippen molar-refractivity contribution < 1.29 is 0 Å². The van der Waals surface area contributed by atoms with Crippen LogP contribution in [0.25, 0.3) is 0 Å². The zero-order valence-corrected chi connectivity index (χ0v) is 13.6. The predicted octanol–water partition coefficient (Wildman–Crippen LogP) is 4.43. The van der Waals surface area contributed by atoms with E-state index in [-0.39, 0.29) is 0 Å². The van der Waals surface area contributed by atoms with Crippen molar-refractivity contribution in [3.8, 4) is 0 Å². The highest BCUT2D eigenvalue weighted by molar-refractivity contribution is 14.1. The Bertz CT molecular complexity index is 352. The first-order valence-corrected chi connectivity index (χ1v) is 8.42. The third kappa shape index (κ3) is 4.39. The molecule has 0 bridgehead atoms. The van der Waals surface area contributed by atoms with Crippen LogP contribution in [-0.2, 0) is 6.54 Å². The maximum Gasteiger partial charge on any atom is 0.0254 e. The Morgan fingerprint density at radius 1 is 1.11 bits per heavy atom. The molecule has 1 saturated carbocycles.